The van der Waals surface area contributed by atoms with Crippen molar-refractivity contribution in [3.63, 3.8) is 0 Å². The molecular weight excluding hydrogens is 240 g/mol. The first-order chi connectivity index (χ1) is 9.00. The van der Waals surface area contributed by atoms with Crippen molar-refractivity contribution >= 4 is 5.91 Å². The zero-order valence-corrected chi connectivity index (χ0v) is 12.9. The molecule has 0 aliphatic carbocycles. The van der Waals surface area contributed by atoms with Crippen LogP contribution in [0.3, 0.4) is 0 Å². The fourth-order valence-electron chi connectivity index (χ4n) is 2.55. The number of nitrogens with one attached hydrogen (secondary N) is 2. The summed E-state index contributed by atoms with van der Waals surface area (Å²) in [6.45, 7) is 9.67. The Kier molecular flexibility index (Phi) is 7.34. The van der Waals surface area contributed by atoms with E-state index >= 15 is 0 Å². The Balaban J connectivity index is 2.29. The first kappa shape index (κ1) is 16.4. The fraction of sp³-hybridized carbons (Fsp3) is 0.929. The molecule has 1 amide bonds. The second-order valence-electron chi connectivity index (χ2n) is 5.96. The molecule has 1 heterocycles. The number of hydrogen-bond acceptors (Lipinski definition) is 4. The van der Waals surface area contributed by atoms with Gasteiger partial charge in [-0.05, 0) is 39.5 Å². The summed E-state index contributed by atoms with van der Waals surface area (Å²) in [6.07, 6.45) is 1.12. The van der Waals surface area contributed by atoms with Crippen molar-refractivity contribution < 1.29 is 4.79 Å². The van der Waals surface area contributed by atoms with Gasteiger partial charge in [0, 0.05) is 25.7 Å². The van der Waals surface area contributed by atoms with E-state index in [1.807, 2.05) is 0 Å². The summed E-state index contributed by atoms with van der Waals surface area (Å²) < 4.78 is 0. The largest absolute Gasteiger partial charge is 0.353 e. The molecule has 5 nitrogen and oxygen atoms in total. The van der Waals surface area contributed by atoms with E-state index in [2.05, 4.69) is 48.4 Å². The van der Waals surface area contributed by atoms with Crippen LogP contribution in [-0.2, 0) is 4.79 Å². The molecule has 1 saturated heterocycles. The molecule has 1 rings (SSSR count). The van der Waals surface area contributed by atoms with E-state index < -0.39 is 0 Å². The van der Waals surface area contributed by atoms with Gasteiger partial charge in [-0.15, -0.1) is 0 Å². The molecule has 0 aromatic rings. The molecule has 5 heteroatoms. The van der Waals surface area contributed by atoms with Gasteiger partial charge < -0.3 is 15.5 Å². The Morgan fingerprint density at radius 1 is 1.32 bits per heavy atom. The number of likely N-dealkylation sites (N-methyl/N-ethyl adjacent to an activating group) is 1. The molecule has 1 aliphatic heterocycles. The normalized spacial score (nSPS) is 19.5. The molecule has 1 aliphatic rings. The lowest BCUT2D eigenvalue weighted by Gasteiger charge is -2.28. The predicted molar refractivity (Wildman–Crippen MR) is 79.2 cm³/mol. The van der Waals surface area contributed by atoms with Crippen LogP contribution in [0.5, 0.6) is 0 Å². The van der Waals surface area contributed by atoms with E-state index in [4.69, 9.17) is 0 Å². The van der Waals surface area contributed by atoms with Crippen LogP contribution in [0.15, 0.2) is 0 Å². The highest BCUT2D eigenvalue weighted by atomic mass is 16.2. The van der Waals surface area contributed by atoms with E-state index in [-0.39, 0.29) is 5.91 Å². The van der Waals surface area contributed by atoms with Crippen LogP contribution in [0.2, 0.25) is 0 Å². The van der Waals surface area contributed by atoms with Crippen molar-refractivity contribution in [2.24, 2.45) is 5.92 Å². The molecule has 0 aromatic heterocycles. The molecule has 0 spiro atoms. The Bertz CT molecular complexity index is 252. The molecule has 1 fully saturated rings. The number of nitrogens with zero attached hydrogens (tertiary/aromatic N) is 2. The van der Waals surface area contributed by atoms with Crippen molar-refractivity contribution in [3.8, 4) is 0 Å². The highest BCUT2D eigenvalue weighted by Crippen LogP contribution is 2.05. The summed E-state index contributed by atoms with van der Waals surface area (Å²) in [5, 5.41) is 6.42. The standard InChI is InChI=1S/C14H30N4O/c1-12(2)13(17(3)4)10-16-14(19)11-18-8-5-6-15-7-9-18/h12-13,15H,5-11H2,1-4H3,(H,16,19). The predicted octanol–water partition coefficient (Wildman–Crippen LogP) is -0.0159. The smallest absolute Gasteiger partial charge is 0.234 e. The van der Waals surface area contributed by atoms with Crippen molar-refractivity contribution in [3.05, 3.63) is 0 Å². The summed E-state index contributed by atoms with van der Waals surface area (Å²) in [5.41, 5.74) is 0. The third-order valence-electron chi connectivity index (χ3n) is 3.74. The Hall–Kier alpha value is -0.650. The Morgan fingerprint density at radius 3 is 2.68 bits per heavy atom. The highest BCUT2D eigenvalue weighted by molar-refractivity contribution is 5.78. The van der Waals surface area contributed by atoms with Crippen LogP contribution in [0.4, 0.5) is 0 Å². The molecule has 0 saturated carbocycles. The van der Waals surface area contributed by atoms with Gasteiger partial charge in [0.05, 0.1) is 6.54 Å². The molecule has 1 unspecified atom stereocenters. The summed E-state index contributed by atoms with van der Waals surface area (Å²) in [5.74, 6) is 0.687. The van der Waals surface area contributed by atoms with Crippen molar-refractivity contribution in [2.75, 3.05) is 53.4 Å². The lowest BCUT2D eigenvalue weighted by atomic mass is 10.0. The molecule has 2 N–H and O–H groups in total. The van der Waals surface area contributed by atoms with Gasteiger partial charge in [-0.1, -0.05) is 13.8 Å². The zero-order valence-electron chi connectivity index (χ0n) is 12.9. The van der Waals surface area contributed by atoms with Gasteiger partial charge in [0.2, 0.25) is 5.91 Å². The third kappa shape index (κ3) is 6.36. The van der Waals surface area contributed by atoms with Crippen molar-refractivity contribution in [1.82, 2.24) is 20.4 Å². The second kappa shape index (κ2) is 8.51. The molecule has 1 atom stereocenters. The number of amides is 1. The van der Waals surface area contributed by atoms with Crippen molar-refractivity contribution in [1.29, 1.82) is 0 Å². The van der Waals surface area contributed by atoms with Crippen LogP contribution >= 0.6 is 0 Å². The summed E-state index contributed by atoms with van der Waals surface area (Å²) in [7, 11) is 4.13. The molecule has 19 heavy (non-hydrogen) atoms. The van der Waals surface area contributed by atoms with Gasteiger partial charge in [0.25, 0.3) is 0 Å². The van der Waals surface area contributed by atoms with Crippen LogP contribution in [0, 0.1) is 5.92 Å². The zero-order chi connectivity index (χ0) is 14.3. The first-order valence-corrected chi connectivity index (χ1v) is 7.37. The van der Waals surface area contributed by atoms with Crippen LogP contribution in [0.25, 0.3) is 0 Å². The first-order valence-electron chi connectivity index (χ1n) is 7.37. The van der Waals surface area contributed by atoms with Crippen LogP contribution < -0.4 is 10.6 Å². The van der Waals surface area contributed by atoms with Crippen LogP contribution in [0.1, 0.15) is 20.3 Å². The molecule has 0 aromatic carbocycles. The number of rotatable bonds is 6. The average molecular weight is 270 g/mol. The highest BCUT2D eigenvalue weighted by Gasteiger charge is 2.18. The van der Waals surface area contributed by atoms with E-state index in [1.165, 1.54) is 0 Å². The van der Waals surface area contributed by atoms with Crippen LogP contribution in [-0.4, -0.2) is 75.1 Å². The molecule has 112 valence electrons. The van der Waals surface area contributed by atoms with Crippen molar-refractivity contribution in [2.45, 2.75) is 26.3 Å². The van der Waals surface area contributed by atoms with E-state index in [9.17, 15) is 4.79 Å². The average Bonchev–Trinajstić information content (AvgIpc) is 2.56. The SMILES string of the molecule is CC(C)C(CNC(=O)CN1CCCNCC1)N(C)C. The monoisotopic (exact) mass is 270 g/mol. The van der Waals surface area contributed by atoms with Gasteiger partial charge in [0.15, 0.2) is 0 Å². The van der Waals surface area contributed by atoms with E-state index in [0.717, 1.165) is 39.1 Å². The maximum absolute atomic E-state index is 12.0. The number of hydrogen-bond donors (Lipinski definition) is 2. The third-order valence-corrected chi connectivity index (χ3v) is 3.74. The van der Waals surface area contributed by atoms with E-state index in [1.54, 1.807) is 0 Å². The van der Waals surface area contributed by atoms with Gasteiger partial charge >= 0.3 is 0 Å². The van der Waals surface area contributed by atoms with E-state index in [0.29, 0.717) is 18.5 Å². The molecule has 0 radical (unpaired) electrons. The maximum atomic E-state index is 12.0. The lowest BCUT2D eigenvalue weighted by Crippen LogP contribution is -2.46. The lowest BCUT2D eigenvalue weighted by molar-refractivity contribution is -0.122. The number of carbonyl (C=O) groups is 1. The summed E-state index contributed by atoms with van der Waals surface area (Å²) in [4.78, 5) is 16.4. The number of carbonyl (C=O) groups excluding carboxylic acids is 1. The minimum atomic E-state index is 0.148. The van der Waals surface area contributed by atoms with Gasteiger partial charge in [-0.3, -0.25) is 9.69 Å². The Labute approximate surface area is 117 Å². The second-order valence-corrected chi connectivity index (χ2v) is 5.96. The van der Waals surface area contributed by atoms with Gasteiger partial charge in [-0.2, -0.15) is 0 Å². The minimum Gasteiger partial charge on any atom is -0.353 e. The van der Waals surface area contributed by atoms with Gasteiger partial charge in [-0.25, -0.2) is 0 Å². The fourth-order valence-corrected chi connectivity index (χ4v) is 2.55. The summed E-state index contributed by atoms with van der Waals surface area (Å²) >= 11 is 0. The Morgan fingerprint density at radius 2 is 2.05 bits per heavy atom. The topological polar surface area (TPSA) is 47.6 Å². The van der Waals surface area contributed by atoms with Gasteiger partial charge in [0.1, 0.15) is 0 Å². The maximum Gasteiger partial charge on any atom is 0.234 e. The summed E-state index contributed by atoms with van der Waals surface area (Å²) in [6, 6.07) is 0.398. The molecular formula is C14H30N4O. The quantitative estimate of drug-likeness (QED) is 0.712. The minimum absolute atomic E-state index is 0.148. The molecule has 0 bridgehead atoms.